The number of nitrogens with zero attached hydrogens (tertiary/aromatic N) is 2. The van der Waals surface area contributed by atoms with Gasteiger partial charge in [0, 0.05) is 33.0 Å². The molecular formula is C22H27ClN2O3. The number of esters is 1. The Bertz CT molecular complexity index is 762. The summed E-state index contributed by atoms with van der Waals surface area (Å²) in [6.45, 7) is 2.61. The van der Waals surface area contributed by atoms with Gasteiger partial charge in [-0.3, -0.25) is 4.79 Å². The van der Waals surface area contributed by atoms with Crippen LogP contribution in [0, 0.1) is 5.92 Å². The van der Waals surface area contributed by atoms with Crippen LogP contribution in [0.4, 0.5) is 5.69 Å². The maximum atomic E-state index is 12.4. The van der Waals surface area contributed by atoms with Gasteiger partial charge in [-0.15, -0.1) is 0 Å². The van der Waals surface area contributed by atoms with Crippen molar-refractivity contribution >= 4 is 23.3 Å². The standard InChI is InChI=1S/C22H27ClN2O3/c1-27-13-5-8-18-14-20(21(23)24-15-18)25-11-9-19(10-12-25)22(26)28-16-17-6-3-2-4-7-17/h2-4,6-7,14-15,19H,5,8-13,16H2,1H3. The van der Waals surface area contributed by atoms with Crippen LogP contribution in [0.2, 0.25) is 5.15 Å². The molecule has 1 saturated heterocycles. The number of ether oxygens (including phenoxy) is 2. The van der Waals surface area contributed by atoms with E-state index in [9.17, 15) is 4.79 Å². The third-order valence-electron chi connectivity index (χ3n) is 5.08. The zero-order valence-electron chi connectivity index (χ0n) is 16.3. The lowest BCUT2D eigenvalue weighted by Gasteiger charge is -2.33. The van der Waals surface area contributed by atoms with Crippen LogP contribution in [0.15, 0.2) is 42.6 Å². The normalized spacial score (nSPS) is 14.9. The van der Waals surface area contributed by atoms with E-state index in [-0.39, 0.29) is 11.9 Å². The Morgan fingerprint density at radius 1 is 1.21 bits per heavy atom. The van der Waals surface area contributed by atoms with Crippen molar-refractivity contribution < 1.29 is 14.3 Å². The number of carbonyl (C=O) groups is 1. The van der Waals surface area contributed by atoms with Crippen LogP contribution in [0.25, 0.3) is 0 Å². The number of piperidine rings is 1. The number of benzene rings is 1. The van der Waals surface area contributed by atoms with Gasteiger partial charge in [-0.05, 0) is 42.9 Å². The third-order valence-corrected chi connectivity index (χ3v) is 5.38. The number of pyridine rings is 1. The molecule has 0 atom stereocenters. The van der Waals surface area contributed by atoms with E-state index in [0.29, 0.717) is 11.8 Å². The van der Waals surface area contributed by atoms with Crippen molar-refractivity contribution in [1.29, 1.82) is 0 Å². The lowest BCUT2D eigenvalue weighted by molar-refractivity contribution is -0.150. The van der Waals surface area contributed by atoms with Gasteiger partial charge in [0.1, 0.15) is 6.61 Å². The molecule has 0 unspecified atom stereocenters. The average molecular weight is 403 g/mol. The predicted molar refractivity (Wildman–Crippen MR) is 111 cm³/mol. The molecule has 5 nitrogen and oxygen atoms in total. The van der Waals surface area contributed by atoms with Gasteiger partial charge >= 0.3 is 5.97 Å². The van der Waals surface area contributed by atoms with E-state index in [1.807, 2.05) is 36.5 Å². The van der Waals surface area contributed by atoms with Gasteiger partial charge in [-0.25, -0.2) is 4.98 Å². The van der Waals surface area contributed by atoms with E-state index in [0.717, 1.165) is 62.2 Å². The van der Waals surface area contributed by atoms with Crippen LogP contribution in [0.1, 0.15) is 30.4 Å². The molecule has 0 saturated carbocycles. The Balaban J connectivity index is 1.51. The molecule has 28 heavy (non-hydrogen) atoms. The first-order valence-corrected chi connectivity index (χ1v) is 10.1. The molecule has 1 aliphatic rings. The van der Waals surface area contributed by atoms with Gasteiger partial charge in [-0.2, -0.15) is 0 Å². The molecule has 0 amide bonds. The summed E-state index contributed by atoms with van der Waals surface area (Å²) >= 11 is 6.34. The van der Waals surface area contributed by atoms with Gasteiger partial charge in [0.2, 0.25) is 0 Å². The predicted octanol–water partition coefficient (Wildman–Crippen LogP) is 4.27. The highest BCUT2D eigenvalue weighted by Gasteiger charge is 2.27. The zero-order chi connectivity index (χ0) is 19.8. The Labute approximate surface area is 171 Å². The molecule has 6 heteroatoms. The summed E-state index contributed by atoms with van der Waals surface area (Å²) in [4.78, 5) is 19.0. The monoisotopic (exact) mass is 402 g/mol. The summed E-state index contributed by atoms with van der Waals surface area (Å²) in [7, 11) is 1.71. The molecule has 3 rings (SSSR count). The summed E-state index contributed by atoms with van der Waals surface area (Å²) in [5.74, 6) is -0.169. The number of hydrogen-bond acceptors (Lipinski definition) is 5. The van der Waals surface area contributed by atoms with Crippen molar-refractivity contribution in [3.63, 3.8) is 0 Å². The fourth-order valence-electron chi connectivity index (χ4n) is 3.46. The zero-order valence-corrected chi connectivity index (χ0v) is 17.0. The average Bonchev–Trinajstić information content (AvgIpc) is 2.74. The van der Waals surface area contributed by atoms with E-state index >= 15 is 0 Å². The van der Waals surface area contributed by atoms with Gasteiger partial charge in [0.15, 0.2) is 5.15 Å². The highest BCUT2D eigenvalue weighted by molar-refractivity contribution is 6.32. The van der Waals surface area contributed by atoms with Crippen LogP contribution in [-0.4, -0.2) is 37.8 Å². The minimum absolute atomic E-state index is 0.0587. The van der Waals surface area contributed by atoms with Crippen molar-refractivity contribution in [3.8, 4) is 0 Å². The largest absolute Gasteiger partial charge is 0.461 e. The Morgan fingerprint density at radius 3 is 2.68 bits per heavy atom. The lowest BCUT2D eigenvalue weighted by atomic mass is 9.96. The first-order chi connectivity index (χ1) is 13.7. The molecule has 1 aliphatic heterocycles. The third kappa shape index (κ3) is 5.69. The molecule has 0 bridgehead atoms. The van der Waals surface area contributed by atoms with Crippen molar-refractivity contribution in [1.82, 2.24) is 4.98 Å². The maximum Gasteiger partial charge on any atom is 0.309 e. The second kappa shape index (κ2) is 10.4. The minimum Gasteiger partial charge on any atom is -0.461 e. The van der Waals surface area contributed by atoms with Gasteiger partial charge in [0.05, 0.1) is 11.6 Å². The van der Waals surface area contributed by atoms with Crippen LogP contribution < -0.4 is 4.90 Å². The number of methoxy groups -OCH3 is 1. The van der Waals surface area contributed by atoms with Crippen LogP contribution in [0.3, 0.4) is 0 Å². The molecule has 0 spiro atoms. The van der Waals surface area contributed by atoms with E-state index < -0.39 is 0 Å². The smallest absolute Gasteiger partial charge is 0.309 e. The molecule has 0 radical (unpaired) electrons. The molecule has 1 fully saturated rings. The summed E-state index contributed by atoms with van der Waals surface area (Å²) in [5.41, 5.74) is 3.12. The summed E-state index contributed by atoms with van der Waals surface area (Å²) in [6.07, 6.45) is 5.22. The number of anilines is 1. The maximum absolute atomic E-state index is 12.4. The number of rotatable bonds is 8. The van der Waals surface area contributed by atoms with E-state index in [1.165, 1.54) is 0 Å². The Morgan fingerprint density at radius 2 is 1.96 bits per heavy atom. The Hall–Kier alpha value is -2.11. The fraction of sp³-hybridized carbons (Fsp3) is 0.455. The van der Waals surface area contributed by atoms with Gasteiger partial charge in [-0.1, -0.05) is 41.9 Å². The van der Waals surface area contributed by atoms with E-state index in [2.05, 4.69) is 16.0 Å². The number of carbonyl (C=O) groups excluding carboxylic acids is 1. The van der Waals surface area contributed by atoms with Crippen LogP contribution >= 0.6 is 11.6 Å². The van der Waals surface area contributed by atoms with Crippen molar-refractivity contribution in [2.24, 2.45) is 5.92 Å². The molecule has 1 aromatic heterocycles. The second-order valence-electron chi connectivity index (χ2n) is 7.10. The van der Waals surface area contributed by atoms with Crippen LogP contribution in [-0.2, 0) is 27.3 Å². The number of halogens is 1. The first kappa shape index (κ1) is 20.6. The highest BCUT2D eigenvalue weighted by atomic mass is 35.5. The highest BCUT2D eigenvalue weighted by Crippen LogP contribution is 2.30. The molecule has 0 aliphatic carbocycles. The summed E-state index contributed by atoms with van der Waals surface area (Å²) in [6, 6.07) is 11.9. The molecular weight excluding hydrogens is 376 g/mol. The SMILES string of the molecule is COCCCc1cnc(Cl)c(N2CCC(C(=O)OCc3ccccc3)CC2)c1. The van der Waals surface area contributed by atoms with Crippen molar-refractivity contribution in [2.75, 3.05) is 31.7 Å². The minimum atomic E-state index is -0.110. The second-order valence-corrected chi connectivity index (χ2v) is 7.46. The molecule has 1 aromatic carbocycles. The molecule has 2 aromatic rings. The fourth-order valence-corrected chi connectivity index (χ4v) is 3.68. The lowest BCUT2D eigenvalue weighted by Crippen LogP contribution is -2.37. The van der Waals surface area contributed by atoms with Gasteiger partial charge in [0.25, 0.3) is 0 Å². The Kier molecular flexibility index (Phi) is 7.69. The summed E-state index contributed by atoms with van der Waals surface area (Å²) in [5, 5.41) is 0.514. The molecule has 2 heterocycles. The van der Waals surface area contributed by atoms with E-state index in [1.54, 1.807) is 7.11 Å². The van der Waals surface area contributed by atoms with E-state index in [4.69, 9.17) is 21.1 Å². The molecule has 150 valence electrons. The number of aromatic nitrogens is 1. The molecule has 0 N–H and O–H groups in total. The quantitative estimate of drug-likeness (QED) is 0.375. The van der Waals surface area contributed by atoms with Crippen LogP contribution in [0.5, 0.6) is 0 Å². The first-order valence-electron chi connectivity index (χ1n) is 9.76. The van der Waals surface area contributed by atoms with Gasteiger partial charge < -0.3 is 14.4 Å². The topological polar surface area (TPSA) is 51.7 Å². The number of hydrogen-bond donors (Lipinski definition) is 0. The van der Waals surface area contributed by atoms with Crippen molar-refractivity contribution in [3.05, 3.63) is 58.9 Å². The van der Waals surface area contributed by atoms with Crippen molar-refractivity contribution in [2.45, 2.75) is 32.3 Å². The summed E-state index contributed by atoms with van der Waals surface area (Å²) < 4.78 is 10.6. The number of aryl methyl sites for hydroxylation is 1.